The Hall–Kier alpha value is -1.71. The molecule has 0 aliphatic carbocycles. The Balaban J connectivity index is 4.18. The molecule has 0 fully saturated rings. The van der Waals surface area contributed by atoms with Crippen LogP contribution in [0.3, 0.4) is 0 Å². The number of nitrogens with two attached hydrogens (primary N) is 2. The van der Waals surface area contributed by atoms with Gasteiger partial charge in [0.25, 0.3) is 0 Å². The maximum Gasteiger partial charge on any atom is 0.353 e. The molecule has 66 valence electrons. The molecule has 0 aliphatic rings. The molecule has 12 heavy (non-hydrogen) atoms. The van der Waals surface area contributed by atoms with Gasteiger partial charge < -0.3 is 16.2 Å². The monoisotopic (exact) mass is 168 g/mol. The number of hydrogen-bond acceptors (Lipinski definition) is 4. The van der Waals surface area contributed by atoms with Crippen LogP contribution in [0.5, 0.6) is 0 Å². The molecule has 4 heteroatoms. The van der Waals surface area contributed by atoms with Gasteiger partial charge in [0.1, 0.15) is 5.70 Å². The van der Waals surface area contributed by atoms with E-state index in [2.05, 4.69) is 11.3 Å². The highest BCUT2D eigenvalue weighted by Gasteiger charge is 2.00. The lowest BCUT2D eigenvalue weighted by atomic mass is 10.3. The number of ether oxygens (including phenoxy) is 1. The lowest BCUT2D eigenvalue weighted by molar-refractivity contribution is -0.136. The number of allylic oxidation sites excluding steroid dienone is 3. The van der Waals surface area contributed by atoms with Crippen molar-refractivity contribution in [3.05, 3.63) is 36.2 Å². The molecule has 0 bridgehead atoms. The molecule has 0 aromatic rings. The van der Waals surface area contributed by atoms with Gasteiger partial charge in [-0.05, 0) is 12.2 Å². The van der Waals surface area contributed by atoms with Gasteiger partial charge in [-0.15, -0.1) is 0 Å². The minimum Gasteiger partial charge on any atom is -0.464 e. The highest BCUT2D eigenvalue weighted by atomic mass is 16.5. The molecule has 4 N–H and O–H groups in total. The second-order valence-corrected chi connectivity index (χ2v) is 2.05. The molecule has 0 saturated carbocycles. The fourth-order valence-electron chi connectivity index (χ4n) is 0.461. The summed E-state index contributed by atoms with van der Waals surface area (Å²) in [7, 11) is 1.26. The number of hydrogen-bond donors (Lipinski definition) is 2. The summed E-state index contributed by atoms with van der Waals surface area (Å²) in [6, 6.07) is 0. The van der Waals surface area contributed by atoms with Crippen molar-refractivity contribution in [2.24, 2.45) is 11.5 Å². The van der Waals surface area contributed by atoms with E-state index in [0.717, 1.165) is 0 Å². The van der Waals surface area contributed by atoms with E-state index in [1.54, 1.807) is 0 Å². The summed E-state index contributed by atoms with van der Waals surface area (Å²) in [6.45, 7) is 3.42. The van der Waals surface area contributed by atoms with E-state index in [-0.39, 0.29) is 5.70 Å². The van der Waals surface area contributed by atoms with Gasteiger partial charge in [0, 0.05) is 5.70 Å². The van der Waals surface area contributed by atoms with Gasteiger partial charge in [0.15, 0.2) is 0 Å². The highest BCUT2D eigenvalue weighted by Crippen LogP contribution is 1.90. The van der Waals surface area contributed by atoms with E-state index < -0.39 is 5.97 Å². The van der Waals surface area contributed by atoms with Crippen molar-refractivity contribution in [2.75, 3.05) is 7.11 Å². The highest BCUT2D eigenvalue weighted by molar-refractivity contribution is 5.87. The molecule has 0 heterocycles. The minimum absolute atomic E-state index is 0.0231. The molecule has 4 nitrogen and oxygen atoms in total. The first-order valence-electron chi connectivity index (χ1n) is 3.24. The normalized spacial score (nSPS) is 11.6. The number of rotatable bonds is 3. The summed E-state index contributed by atoms with van der Waals surface area (Å²) in [4.78, 5) is 10.7. The van der Waals surface area contributed by atoms with E-state index in [1.807, 2.05) is 0 Å². The van der Waals surface area contributed by atoms with Crippen molar-refractivity contribution in [3.8, 4) is 0 Å². The summed E-state index contributed by atoms with van der Waals surface area (Å²) in [5.41, 5.74) is 10.9. The van der Waals surface area contributed by atoms with Crippen LogP contribution in [0.1, 0.15) is 0 Å². The van der Waals surface area contributed by atoms with Crippen molar-refractivity contribution in [1.29, 1.82) is 0 Å². The Morgan fingerprint density at radius 3 is 2.50 bits per heavy atom. The quantitative estimate of drug-likeness (QED) is 0.354. The van der Waals surface area contributed by atoms with Gasteiger partial charge in [-0.1, -0.05) is 12.7 Å². The fourth-order valence-corrected chi connectivity index (χ4v) is 0.461. The first-order valence-corrected chi connectivity index (χ1v) is 3.24. The fraction of sp³-hybridized carbons (Fsp3) is 0.125. The molecular weight excluding hydrogens is 156 g/mol. The van der Waals surface area contributed by atoms with Crippen LogP contribution in [0.2, 0.25) is 0 Å². The number of carbonyl (C=O) groups is 1. The smallest absolute Gasteiger partial charge is 0.353 e. The first-order chi connectivity index (χ1) is 5.57. The summed E-state index contributed by atoms with van der Waals surface area (Å²) < 4.78 is 4.35. The van der Waals surface area contributed by atoms with Gasteiger partial charge >= 0.3 is 5.97 Å². The van der Waals surface area contributed by atoms with Crippen LogP contribution in [-0.4, -0.2) is 13.1 Å². The van der Waals surface area contributed by atoms with Crippen molar-refractivity contribution in [2.45, 2.75) is 0 Å². The third-order valence-electron chi connectivity index (χ3n) is 1.01. The molecule has 0 unspecified atom stereocenters. The number of methoxy groups -OCH3 is 1. The van der Waals surface area contributed by atoms with E-state index in [1.165, 1.54) is 25.3 Å². The van der Waals surface area contributed by atoms with E-state index >= 15 is 0 Å². The van der Waals surface area contributed by atoms with Gasteiger partial charge in [0.2, 0.25) is 0 Å². The summed E-state index contributed by atoms with van der Waals surface area (Å²) in [6.07, 6.45) is 4.44. The Morgan fingerprint density at radius 2 is 2.08 bits per heavy atom. The molecule has 0 spiro atoms. The Labute approximate surface area is 71.2 Å². The summed E-state index contributed by atoms with van der Waals surface area (Å²) in [5, 5.41) is 0. The third kappa shape index (κ3) is 4.16. The Morgan fingerprint density at radius 1 is 1.50 bits per heavy atom. The number of carbonyl (C=O) groups excluding carboxylic acids is 1. The van der Waals surface area contributed by atoms with Crippen LogP contribution in [-0.2, 0) is 9.53 Å². The molecule has 0 aromatic carbocycles. The third-order valence-corrected chi connectivity index (χ3v) is 1.01. The topological polar surface area (TPSA) is 78.3 Å². The van der Waals surface area contributed by atoms with Crippen LogP contribution in [0.25, 0.3) is 0 Å². The van der Waals surface area contributed by atoms with E-state index in [4.69, 9.17) is 11.5 Å². The van der Waals surface area contributed by atoms with Crippen LogP contribution in [0.15, 0.2) is 36.2 Å². The molecule has 0 aromatic heterocycles. The van der Waals surface area contributed by atoms with E-state index in [9.17, 15) is 4.79 Å². The van der Waals surface area contributed by atoms with Gasteiger partial charge in [-0.25, -0.2) is 4.79 Å². The molecule has 0 radical (unpaired) electrons. The molecule has 0 amide bonds. The minimum atomic E-state index is -0.567. The average Bonchev–Trinajstić information content (AvgIpc) is 2.02. The maximum atomic E-state index is 10.7. The summed E-state index contributed by atoms with van der Waals surface area (Å²) in [5.74, 6) is -0.567. The predicted molar refractivity (Wildman–Crippen MR) is 46.8 cm³/mol. The van der Waals surface area contributed by atoms with Crippen LogP contribution in [0, 0.1) is 0 Å². The van der Waals surface area contributed by atoms with Crippen molar-refractivity contribution >= 4 is 5.97 Å². The largest absolute Gasteiger partial charge is 0.464 e. The molecule has 0 aliphatic heterocycles. The zero-order valence-electron chi connectivity index (χ0n) is 6.91. The standard InChI is InChI=1S/C8H12N2O2/c1-6(9)4-3-5-7(10)8(11)12-2/h3-5H,1,9-10H2,2H3/b4-3-,7-5-. The first kappa shape index (κ1) is 10.3. The van der Waals surface area contributed by atoms with Crippen LogP contribution >= 0.6 is 0 Å². The maximum absolute atomic E-state index is 10.7. The Bertz CT molecular complexity index is 241. The van der Waals surface area contributed by atoms with Crippen LogP contribution < -0.4 is 11.5 Å². The predicted octanol–water partition coefficient (Wildman–Crippen LogP) is 0.0306. The van der Waals surface area contributed by atoms with Crippen molar-refractivity contribution in [1.82, 2.24) is 0 Å². The molecule has 0 atom stereocenters. The average molecular weight is 168 g/mol. The second kappa shape index (κ2) is 5.01. The van der Waals surface area contributed by atoms with Crippen molar-refractivity contribution < 1.29 is 9.53 Å². The molecular formula is C8H12N2O2. The second-order valence-electron chi connectivity index (χ2n) is 2.05. The Kier molecular flexibility index (Phi) is 4.30. The SMILES string of the molecule is C=C(N)/C=C\C=C(/N)C(=O)OC. The molecule has 0 rings (SSSR count). The van der Waals surface area contributed by atoms with Gasteiger partial charge in [0.05, 0.1) is 7.11 Å². The lowest BCUT2D eigenvalue weighted by Crippen LogP contribution is -2.12. The zero-order chi connectivity index (χ0) is 9.56. The molecule has 0 saturated heterocycles. The van der Waals surface area contributed by atoms with Crippen LogP contribution in [0.4, 0.5) is 0 Å². The zero-order valence-corrected chi connectivity index (χ0v) is 6.91. The lowest BCUT2D eigenvalue weighted by Gasteiger charge is -1.95. The van der Waals surface area contributed by atoms with E-state index in [0.29, 0.717) is 5.70 Å². The van der Waals surface area contributed by atoms with Gasteiger partial charge in [-0.3, -0.25) is 0 Å². The number of esters is 1. The summed E-state index contributed by atoms with van der Waals surface area (Å²) >= 11 is 0. The van der Waals surface area contributed by atoms with Crippen molar-refractivity contribution in [3.63, 3.8) is 0 Å². The van der Waals surface area contributed by atoms with Gasteiger partial charge in [-0.2, -0.15) is 0 Å².